The lowest BCUT2D eigenvalue weighted by Gasteiger charge is -2.27. The topological polar surface area (TPSA) is 102 Å². The molecule has 0 aliphatic carbocycles. The lowest BCUT2D eigenvalue weighted by atomic mass is 9.79. The highest BCUT2D eigenvalue weighted by molar-refractivity contribution is 7.80. The average Bonchev–Trinajstić information content (AvgIpc) is 2.67. The Bertz CT molecular complexity index is 926. The standard InChI is InChI=1S/C20H17N3O3S/c21-18-16(19(26)23-20(27)22-18)14(17(25)13-9-5-2-6-10-13)11-15(24)12-7-3-1-4-8-12/h1-10,14,16H,11H2,(H3,21,22,23,26,27). The number of rotatable bonds is 6. The third-order valence-corrected chi connectivity index (χ3v) is 4.55. The zero-order valence-electron chi connectivity index (χ0n) is 14.3. The van der Waals surface area contributed by atoms with Gasteiger partial charge < -0.3 is 11.1 Å². The van der Waals surface area contributed by atoms with Crippen molar-refractivity contribution >= 4 is 40.6 Å². The number of amidine groups is 1. The molecule has 136 valence electrons. The molecule has 0 bridgehead atoms. The van der Waals surface area contributed by atoms with Crippen molar-refractivity contribution < 1.29 is 14.4 Å². The molecule has 0 saturated carbocycles. The molecule has 0 aromatic heterocycles. The summed E-state index contributed by atoms with van der Waals surface area (Å²) in [6, 6.07) is 17.1. The van der Waals surface area contributed by atoms with Crippen molar-refractivity contribution in [3.05, 3.63) is 71.8 Å². The molecule has 3 N–H and O–H groups in total. The van der Waals surface area contributed by atoms with Crippen molar-refractivity contribution in [1.82, 2.24) is 5.32 Å². The maximum Gasteiger partial charge on any atom is 0.237 e. The Kier molecular flexibility index (Phi) is 5.52. The molecule has 2 atom stereocenters. The number of nitrogens with one attached hydrogen (secondary N) is 1. The lowest BCUT2D eigenvalue weighted by Crippen LogP contribution is -2.51. The summed E-state index contributed by atoms with van der Waals surface area (Å²) in [5.74, 6) is -3.21. The minimum absolute atomic E-state index is 0.0472. The van der Waals surface area contributed by atoms with Gasteiger partial charge in [-0.25, -0.2) is 4.99 Å². The van der Waals surface area contributed by atoms with E-state index in [1.54, 1.807) is 60.7 Å². The van der Waals surface area contributed by atoms with E-state index < -0.39 is 17.7 Å². The molecule has 1 amide bonds. The van der Waals surface area contributed by atoms with Gasteiger partial charge in [0.25, 0.3) is 0 Å². The maximum absolute atomic E-state index is 13.1. The smallest absolute Gasteiger partial charge is 0.237 e. The third kappa shape index (κ3) is 4.15. The molecule has 2 aromatic carbocycles. The van der Waals surface area contributed by atoms with E-state index in [0.29, 0.717) is 11.1 Å². The number of aliphatic imine (C=N–C) groups is 1. The number of amides is 1. The maximum atomic E-state index is 13.1. The van der Waals surface area contributed by atoms with Crippen LogP contribution in [0.25, 0.3) is 0 Å². The Labute approximate surface area is 161 Å². The fraction of sp³-hybridized carbons (Fsp3) is 0.150. The van der Waals surface area contributed by atoms with E-state index in [4.69, 9.17) is 18.0 Å². The van der Waals surface area contributed by atoms with Crippen LogP contribution in [0.3, 0.4) is 0 Å². The molecule has 1 aliphatic rings. The van der Waals surface area contributed by atoms with Gasteiger partial charge >= 0.3 is 0 Å². The first-order chi connectivity index (χ1) is 13.0. The van der Waals surface area contributed by atoms with Crippen LogP contribution in [0, 0.1) is 11.8 Å². The molecule has 1 heterocycles. The highest BCUT2D eigenvalue weighted by atomic mass is 32.1. The van der Waals surface area contributed by atoms with Gasteiger partial charge in [-0.15, -0.1) is 0 Å². The minimum Gasteiger partial charge on any atom is -0.386 e. The normalized spacial score (nSPS) is 17.6. The summed E-state index contributed by atoms with van der Waals surface area (Å²) in [6.45, 7) is 0. The van der Waals surface area contributed by atoms with Gasteiger partial charge in [-0.1, -0.05) is 60.7 Å². The minimum atomic E-state index is -1.06. The fourth-order valence-electron chi connectivity index (χ4n) is 3.04. The number of carbonyl (C=O) groups is 3. The molecular weight excluding hydrogens is 362 g/mol. The number of carbonyl (C=O) groups excluding carboxylic acids is 3. The molecule has 1 aliphatic heterocycles. The van der Waals surface area contributed by atoms with Crippen LogP contribution >= 0.6 is 12.2 Å². The second-order valence-corrected chi connectivity index (χ2v) is 6.53. The molecule has 2 aromatic rings. The number of ketones is 2. The quantitative estimate of drug-likeness (QED) is 0.591. The van der Waals surface area contributed by atoms with Gasteiger partial charge in [0.1, 0.15) is 11.8 Å². The third-order valence-electron chi connectivity index (χ3n) is 4.36. The van der Waals surface area contributed by atoms with E-state index in [9.17, 15) is 14.4 Å². The Balaban J connectivity index is 1.97. The number of nitrogens with two attached hydrogens (primary N) is 1. The molecule has 6 nitrogen and oxygen atoms in total. The molecule has 0 radical (unpaired) electrons. The summed E-state index contributed by atoms with van der Waals surface area (Å²) in [5.41, 5.74) is 6.79. The van der Waals surface area contributed by atoms with Crippen LogP contribution in [0.5, 0.6) is 0 Å². The number of hydrogen-bond donors (Lipinski definition) is 2. The zero-order valence-corrected chi connectivity index (χ0v) is 15.1. The lowest BCUT2D eigenvalue weighted by molar-refractivity contribution is -0.122. The Hall–Kier alpha value is -3.19. The second kappa shape index (κ2) is 8.01. The largest absolute Gasteiger partial charge is 0.386 e. The van der Waals surface area contributed by atoms with Gasteiger partial charge in [0, 0.05) is 23.5 Å². The van der Waals surface area contributed by atoms with Crippen LogP contribution < -0.4 is 11.1 Å². The molecule has 7 heteroatoms. The first-order valence-electron chi connectivity index (χ1n) is 8.33. The second-order valence-electron chi connectivity index (χ2n) is 6.14. The monoisotopic (exact) mass is 379 g/mol. The van der Waals surface area contributed by atoms with Crippen molar-refractivity contribution in [1.29, 1.82) is 0 Å². The molecule has 3 rings (SSSR count). The van der Waals surface area contributed by atoms with Gasteiger partial charge in [0.2, 0.25) is 11.0 Å². The van der Waals surface area contributed by atoms with Crippen molar-refractivity contribution in [2.75, 3.05) is 0 Å². The fourth-order valence-corrected chi connectivity index (χ4v) is 3.25. The molecule has 27 heavy (non-hydrogen) atoms. The zero-order chi connectivity index (χ0) is 19.4. The van der Waals surface area contributed by atoms with E-state index in [1.165, 1.54) is 0 Å². The predicted octanol–water partition coefficient (Wildman–Crippen LogP) is 2.15. The summed E-state index contributed by atoms with van der Waals surface area (Å²) in [7, 11) is 0. The number of thiocarbonyl (C=S) groups is 1. The summed E-state index contributed by atoms with van der Waals surface area (Å²) < 4.78 is 0. The molecular formula is C20H17N3O3S. The SMILES string of the molecule is NC1=NC(=S)NC(=O)C1C(CC(=O)c1ccccc1)C(=O)c1ccccc1. The van der Waals surface area contributed by atoms with Crippen molar-refractivity contribution in [3.8, 4) is 0 Å². The Morgan fingerprint density at radius 3 is 2.15 bits per heavy atom. The van der Waals surface area contributed by atoms with Gasteiger partial charge in [-0.05, 0) is 12.2 Å². The number of hydrogen-bond acceptors (Lipinski definition) is 5. The number of Topliss-reactive ketones (excluding diaryl/α,β-unsaturated/α-hetero) is 2. The van der Waals surface area contributed by atoms with E-state index in [1.807, 2.05) is 0 Å². The first-order valence-corrected chi connectivity index (χ1v) is 8.74. The Morgan fingerprint density at radius 2 is 1.59 bits per heavy atom. The first kappa shape index (κ1) is 18.6. The van der Waals surface area contributed by atoms with Crippen LogP contribution in [-0.4, -0.2) is 28.4 Å². The van der Waals surface area contributed by atoms with Crippen LogP contribution in [0.2, 0.25) is 0 Å². The highest BCUT2D eigenvalue weighted by Gasteiger charge is 2.40. The van der Waals surface area contributed by atoms with Crippen LogP contribution in [0.1, 0.15) is 27.1 Å². The van der Waals surface area contributed by atoms with Crippen LogP contribution in [0.15, 0.2) is 65.7 Å². The van der Waals surface area contributed by atoms with Gasteiger partial charge in [-0.3, -0.25) is 14.4 Å². The molecule has 0 fully saturated rings. The summed E-state index contributed by atoms with van der Waals surface area (Å²) in [4.78, 5) is 42.2. The van der Waals surface area contributed by atoms with Gasteiger partial charge in [0.15, 0.2) is 11.6 Å². The highest BCUT2D eigenvalue weighted by Crippen LogP contribution is 2.26. The van der Waals surface area contributed by atoms with Gasteiger partial charge in [-0.2, -0.15) is 0 Å². The van der Waals surface area contributed by atoms with E-state index in [-0.39, 0.29) is 28.9 Å². The molecule has 0 spiro atoms. The molecule has 2 unspecified atom stereocenters. The van der Waals surface area contributed by atoms with E-state index in [2.05, 4.69) is 10.3 Å². The molecule has 0 saturated heterocycles. The van der Waals surface area contributed by atoms with Crippen molar-refractivity contribution in [2.45, 2.75) is 6.42 Å². The number of nitrogens with zero attached hydrogens (tertiary/aromatic N) is 1. The van der Waals surface area contributed by atoms with Crippen molar-refractivity contribution in [2.24, 2.45) is 22.6 Å². The average molecular weight is 379 g/mol. The van der Waals surface area contributed by atoms with E-state index in [0.717, 1.165) is 0 Å². The predicted molar refractivity (Wildman–Crippen MR) is 106 cm³/mol. The number of benzene rings is 2. The summed E-state index contributed by atoms with van der Waals surface area (Å²) in [6.07, 6.45) is -0.168. The summed E-state index contributed by atoms with van der Waals surface area (Å²) >= 11 is 4.87. The van der Waals surface area contributed by atoms with E-state index >= 15 is 0 Å². The van der Waals surface area contributed by atoms with Gasteiger partial charge in [0.05, 0.1) is 0 Å². The van der Waals surface area contributed by atoms with Crippen molar-refractivity contribution in [3.63, 3.8) is 0 Å². The van der Waals surface area contributed by atoms with Crippen LogP contribution in [0.4, 0.5) is 0 Å². The summed E-state index contributed by atoms with van der Waals surface area (Å²) in [5, 5.41) is 2.37. The van der Waals surface area contributed by atoms with Crippen LogP contribution in [-0.2, 0) is 4.79 Å². The Morgan fingerprint density at radius 1 is 1.04 bits per heavy atom.